The van der Waals surface area contributed by atoms with Crippen LogP contribution in [0.15, 0.2) is 28.8 Å². The van der Waals surface area contributed by atoms with Gasteiger partial charge in [0.25, 0.3) is 0 Å². The van der Waals surface area contributed by atoms with E-state index in [1.807, 2.05) is 31.2 Å². The second-order valence-electron chi connectivity index (χ2n) is 5.28. The summed E-state index contributed by atoms with van der Waals surface area (Å²) in [4.78, 5) is 12.1. The lowest BCUT2D eigenvalue weighted by atomic mass is 10.1. The Morgan fingerprint density at radius 2 is 2.13 bits per heavy atom. The van der Waals surface area contributed by atoms with E-state index in [-0.39, 0.29) is 18.4 Å². The van der Waals surface area contributed by atoms with E-state index in [1.165, 1.54) is 0 Å². The first-order valence-electron chi connectivity index (χ1n) is 7.40. The van der Waals surface area contributed by atoms with Crippen molar-refractivity contribution in [3.05, 3.63) is 46.8 Å². The van der Waals surface area contributed by atoms with E-state index in [9.17, 15) is 4.79 Å². The van der Waals surface area contributed by atoms with Gasteiger partial charge >= 0.3 is 0 Å². The third-order valence-corrected chi connectivity index (χ3v) is 3.75. The third-order valence-electron chi connectivity index (χ3n) is 3.75. The predicted molar refractivity (Wildman–Crippen MR) is 85.4 cm³/mol. The molecular formula is C17H22N2O4. The van der Waals surface area contributed by atoms with Gasteiger partial charge in [0.15, 0.2) is 0 Å². The molecule has 1 unspecified atom stereocenters. The van der Waals surface area contributed by atoms with E-state index < -0.39 is 0 Å². The Morgan fingerprint density at radius 1 is 1.35 bits per heavy atom. The first-order chi connectivity index (χ1) is 11.0. The van der Waals surface area contributed by atoms with Gasteiger partial charge < -0.3 is 19.3 Å². The number of nitrogens with one attached hydrogen (secondary N) is 1. The van der Waals surface area contributed by atoms with Crippen LogP contribution in [-0.4, -0.2) is 31.8 Å². The van der Waals surface area contributed by atoms with Crippen LogP contribution in [0.25, 0.3) is 0 Å². The molecule has 2 rings (SSSR count). The maximum absolute atomic E-state index is 12.1. The van der Waals surface area contributed by atoms with Gasteiger partial charge in [-0.1, -0.05) is 17.3 Å². The van der Waals surface area contributed by atoms with Gasteiger partial charge in [0.2, 0.25) is 5.91 Å². The quantitative estimate of drug-likeness (QED) is 0.848. The number of methoxy groups -OCH3 is 2. The zero-order chi connectivity index (χ0) is 16.8. The largest absolute Gasteiger partial charge is 0.497 e. The van der Waals surface area contributed by atoms with E-state index in [1.54, 1.807) is 21.1 Å². The zero-order valence-electron chi connectivity index (χ0n) is 13.9. The molecule has 1 aromatic carbocycles. The van der Waals surface area contributed by atoms with E-state index >= 15 is 0 Å². The van der Waals surface area contributed by atoms with Crippen molar-refractivity contribution in [3.8, 4) is 5.75 Å². The van der Waals surface area contributed by atoms with Crippen molar-refractivity contribution in [1.82, 2.24) is 10.5 Å². The summed E-state index contributed by atoms with van der Waals surface area (Å²) >= 11 is 0. The summed E-state index contributed by atoms with van der Waals surface area (Å²) in [5.74, 6) is 1.34. The van der Waals surface area contributed by atoms with Gasteiger partial charge in [0, 0.05) is 19.2 Å². The lowest BCUT2D eigenvalue weighted by Crippen LogP contribution is -2.30. The molecule has 0 aliphatic heterocycles. The third kappa shape index (κ3) is 4.32. The molecule has 0 bridgehead atoms. The molecule has 0 radical (unpaired) electrons. The Labute approximate surface area is 135 Å². The van der Waals surface area contributed by atoms with Gasteiger partial charge in [-0.15, -0.1) is 0 Å². The minimum absolute atomic E-state index is 0.0932. The number of amides is 1. The van der Waals surface area contributed by atoms with Crippen molar-refractivity contribution >= 4 is 5.91 Å². The Balaban J connectivity index is 1.96. The number of hydrogen-bond acceptors (Lipinski definition) is 5. The first-order valence-corrected chi connectivity index (χ1v) is 7.40. The normalized spacial score (nSPS) is 12.0. The molecule has 0 aliphatic rings. The van der Waals surface area contributed by atoms with Gasteiger partial charge in [-0.25, -0.2) is 0 Å². The summed E-state index contributed by atoms with van der Waals surface area (Å²) in [5, 5.41) is 6.74. The summed E-state index contributed by atoms with van der Waals surface area (Å²) in [5.41, 5.74) is 2.52. The Hall–Kier alpha value is -2.34. The van der Waals surface area contributed by atoms with Crippen LogP contribution in [0.5, 0.6) is 5.75 Å². The highest BCUT2D eigenvalue weighted by atomic mass is 16.5. The molecule has 1 N–H and O–H groups in total. The van der Waals surface area contributed by atoms with Gasteiger partial charge in [-0.3, -0.25) is 4.79 Å². The number of carbonyl (C=O) groups excluding carboxylic acids is 1. The molecule has 0 spiro atoms. The molecule has 1 aromatic heterocycles. The molecule has 0 saturated heterocycles. The van der Waals surface area contributed by atoms with E-state index in [0.29, 0.717) is 12.3 Å². The van der Waals surface area contributed by atoms with Crippen LogP contribution in [0.3, 0.4) is 0 Å². The van der Waals surface area contributed by atoms with E-state index in [0.717, 1.165) is 22.6 Å². The Bertz CT molecular complexity index is 647. The average Bonchev–Trinajstić information content (AvgIpc) is 2.87. The number of benzene rings is 1. The molecular weight excluding hydrogens is 296 g/mol. The number of carbonyl (C=O) groups is 1. The predicted octanol–water partition coefficient (Wildman–Crippen LogP) is 2.35. The second kappa shape index (κ2) is 7.78. The summed E-state index contributed by atoms with van der Waals surface area (Å²) in [6, 6.07) is 7.60. The number of aryl methyl sites for hydroxylation is 2. The van der Waals surface area contributed by atoms with Crippen LogP contribution in [-0.2, 0) is 16.0 Å². The summed E-state index contributed by atoms with van der Waals surface area (Å²) in [7, 11) is 3.23. The van der Waals surface area contributed by atoms with Crippen molar-refractivity contribution in [2.24, 2.45) is 0 Å². The van der Waals surface area contributed by atoms with Crippen LogP contribution in [0.1, 0.15) is 28.7 Å². The van der Waals surface area contributed by atoms with Gasteiger partial charge in [0.05, 0.1) is 25.3 Å². The standard InChI is InChI=1S/C17H22N2O4/c1-11-15(12(2)23-19-11)9-17(20)18-10-16(22-4)13-6-5-7-14(8-13)21-3/h5-8,16H,9-10H2,1-4H3,(H,18,20). The van der Waals surface area contributed by atoms with Crippen LogP contribution < -0.4 is 10.1 Å². The SMILES string of the molecule is COc1cccc(C(CNC(=O)Cc2c(C)noc2C)OC)c1. The summed E-state index contributed by atoms with van der Waals surface area (Å²) in [6.45, 7) is 4.01. The van der Waals surface area contributed by atoms with Gasteiger partial charge in [-0.05, 0) is 31.5 Å². The highest BCUT2D eigenvalue weighted by molar-refractivity contribution is 5.79. The number of ether oxygens (including phenoxy) is 2. The number of aromatic nitrogens is 1. The van der Waals surface area contributed by atoms with Crippen LogP contribution in [0.2, 0.25) is 0 Å². The number of nitrogens with zero attached hydrogens (tertiary/aromatic N) is 1. The van der Waals surface area contributed by atoms with E-state index in [2.05, 4.69) is 10.5 Å². The first kappa shape index (κ1) is 17.0. The van der Waals surface area contributed by atoms with Crippen LogP contribution in [0, 0.1) is 13.8 Å². The minimum atomic E-state index is -0.237. The average molecular weight is 318 g/mol. The summed E-state index contributed by atoms with van der Waals surface area (Å²) < 4.78 is 15.7. The monoisotopic (exact) mass is 318 g/mol. The Kier molecular flexibility index (Phi) is 5.76. The molecule has 124 valence electrons. The molecule has 0 fully saturated rings. The fourth-order valence-corrected chi connectivity index (χ4v) is 2.36. The van der Waals surface area contributed by atoms with Crippen molar-refractivity contribution < 1.29 is 18.8 Å². The fraction of sp³-hybridized carbons (Fsp3) is 0.412. The molecule has 23 heavy (non-hydrogen) atoms. The topological polar surface area (TPSA) is 73.6 Å². The van der Waals surface area contributed by atoms with Gasteiger partial charge in [0.1, 0.15) is 11.5 Å². The van der Waals surface area contributed by atoms with E-state index in [4.69, 9.17) is 14.0 Å². The Morgan fingerprint density at radius 3 is 2.74 bits per heavy atom. The lowest BCUT2D eigenvalue weighted by molar-refractivity contribution is -0.121. The molecule has 0 saturated carbocycles. The highest BCUT2D eigenvalue weighted by Gasteiger charge is 2.16. The van der Waals surface area contributed by atoms with Crippen molar-refractivity contribution in [2.75, 3.05) is 20.8 Å². The van der Waals surface area contributed by atoms with Crippen LogP contribution >= 0.6 is 0 Å². The van der Waals surface area contributed by atoms with Gasteiger partial charge in [-0.2, -0.15) is 0 Å². The smallest absolute Gasteiger partial charge is 0.224 e. The molecule has 1 heterocycles. The van der Waals surface area contributed by atoms with Crippen LogP contribution in [0.4, 0.5) is 0 Å². The lowest BCUT2D eigenvalue weighted by Gasteiger charge is -2.17. The van der Waals surface area contributed by atoms with Crippen molar-refractivity contribution in [3.63, 3.8) is 0 Å². The maximum Gasteiger partial charge on any atom is 0.224 e. The summed E-state index contributed by atoms with van der Waals surface area (Å²) in [6.07, 6.45) is 0.00845. The molecule has 2 aromatic rings. The highest BCUT2D eigenvalue weighted by Crippen LogP contribution is 2.21. The molecule has 0 aliphatic carbocycles. The minimum Gasteiger partial charge on any atom is -0.497 e. The molecule has 1 atom stereocenters. The fourth-order valence-electron chi connectivity index (χ4n) is 2.36. The molecule has 6 nitrogen and oxygen atoms in total. The van der Waals surface area contributed by atoms with Crippen molar-refractivity contribution in [1.29, 1.82) is 0 Å². The van der Waals surface area contributed by atoms with Crippen molar-refractivity contribution in [2.45, 2.75) is 26.4 Å². The maximum atomic E-state index is 12.1. The number of hydrogen-bond donors (Lipinski definition) is 1. The molecule has 6 heteroatoms. The zero-order valence-corrected chi connectivity index (χ0v) is 13.9. The number of rotatable bonds is 7. The molecule has 1 amide bonds. The second-order valence-corrected chi connectivity index (χ2v) is 5.28.